The largest absolute Gasteiger partial charge is 0.506 e. The number of aromatic hydroxyl groups is 1. The van der Waals surface area contributed by atoms with Gasteiger partial charge in [-0.1, -0.05) is 48.5 Å². The first-order valence-electron chi connectivity index (χ1n) is 8.09. The van der Waals surface area contributed by atoms with Crippen LogP contribution in [-0.4, -0.2) is 15.1 Å². The summed E-state index contributed by atoms with van der Waals surface area (Å²) in [5, 5.41) is 14.3. The van der Waals surface area contributed by atoms with Gasteiger partial charge in [-0.3, -0.25) is 0 Å². The molecule has 0 aliphatic rings. The topological polar surface area (TPSA) is 58.0 Å². The number of hydrogen-bond donors (Lipinski definition) is 2. The maximum Gasteiger partial charge on any atom is 0.162 e. The van der Waals surface area contributed by atoms with Crippen molar-refractivity contribution in [2.45, 2.75) is 6.92 Å². The first-order chi connectivity index (χ1) is 12.2. The molecule has 0 unspecified atom stereocenters. The van der Waals surface area contributed by atoms with Crippen LogP contribution in [0.4, 0.5) is 11.5 Å². The summed E-state index contributed by atoms with van der Waals surface area (Å²) in [5.74, 6) is 1.51. The lowest BCUT2D eigenvalue weighted by Gasteiger charge is -2.12. The summed E-state index contributed by atoms with van der Waals surface area (Å²) in [7, 11) is 0. The number of anilines is 2. The summed E-state index contributed by atoms with van der Waals surface area (Å²) in [6.07, 6.45) is 0. The third-order valence-corrected chi connectivity index (χ3v) is 4.04. The fourth-order valence-electron chi connectivity index (χ4n) is 2.77. The minimum Gasteiger partial charge on any atom is -0.506 e. The minimum absolute atomic E-state index is 0.189. The highest BCUT2D eigenvalue weighted by atomic mass is 16.3. The average molecular weight is 327 g/mol. The van der Waals surface area contributed by atoms with E-state index in [0.717, 1.165) is 22.0 Å². The van der Waals surface area contributed by atoms with Crippen molar-refractivity contribution < 1.29 is 5.11 Å². The lowest BCUT2D eigenvalue weighted by atomic mass is 10.1. The van der Waals surface area contributed by atoms with E-state index >= 15 is 0 Å². The Balaban J connectivity index is 1.88. The standard InChI is InChI=1S/C21H17N3O/c1-14-11-12-19(25)18(13-14)23-21-16-9-5-6-10-17(16)22-20(24-21)15-7-3-2-4-8-15/h2-13,25H,1H3,(H,22,23,24). The Labute approximate surface area is 145 Å². The van der Waals surface area contributed by atoms with Crippen LogP contribution in [0.3, 0.4) is 0 Å². The van der Waals surface area contributed by atoms with Crippen LogP contribution in [0.25, 0.3) is 22.3 Å². The number of benzene rings is 3. The molecule has 3 aromatic carbocycles. The summed E-state index contributed by atoms with van der Waals surface area (Å²) < 4.78 is 0. The molecule has 4 rings (SSSR count). The second-order valence-corrected chi connectivity index (χ2v) is 5.92. The molecule has 4 heteroatoms. The molecule has 0 bridgehead atoms. The van der Waals surface area contributed by atoms with Gasteiger partial charge in [0.15, 0.2) is 5.82 Å². The summed E-state index contributed by atoms with van der Waals surface area (Å²) in [5.41, 5.74) is 3.49. The van der Waals surface area contributed by atoms with Crippen LogP contribution in [0.2, 0.25) is 0 Å². The zero-order valence-electron chi connectivity index (χ0n) is 13.8. The highest BCUT2D eigenvalue weighted by Crippen LogP contribution is 2.31. The van der Waals surface area contributed by atoms with Gasteiger partial charge < -0.3 is 10.4 Å². The number of para-hydroxylation sites is 1. The monoisotopic (exact) mass is 327 g/mol. The molecule has 0 saturated heterocycles. The zero-order chi connectivity index (χ0) is 17.2. The maximum atomic E-state index is 10.1. The third kappa shape index (κ3) is 3.02. The van der Waals surface area contributed by atoms with Gasteiger partial charge in [0.05, 0.1) is 11.2 Å². The van der Waals surface area contributed by atoms with Gasteiger partial charge in [0.1, 0.15) is 11.6 Å². The second kappa shape index (κ2) is 6.24. The Kier molecular flexibility index (Phi) is 3.78. The Morgan fingerprint density at radius 3 is 2.44 bits per heavy atom. The molecular formula is C21H17N3O. The Bertz CT molecular complexity index is 1050. The van der Waals surface area contributed by atoms with Gasteiger partial charge in [-0.25, -0.2) is 9.97 Å². The van der Waals surface area contributed by atoms with Crippen LogP contribution in [0.1, 0.15) is 5.56 Å². The molecule has 2 N–H and O–H groups in total. The molecular weight excluding hydrogens is 310 g/mol. The summed E-state index contributed by atoms with van der Waals surface area (Å²) in [6, 6.07) is 23.2. The number of phenols is 1. The summed E-state index contributed by atoms with van der Waals surface area (Å²) >= 11 is 0. The molecule has 0 fully saturated rings. The summed E-state index contributed by atoms with van der Waals surface area (Å²) in [4.78, 5) is 9.38. The van der Waals surface area contributed by atoms with Gasteiger partial charge in [0.2, 0.25) is 0 Å². The highest BCUT2D eigenvalue weighted by molar-refractivity contribution is 5.92. The number of fused-ring (bicyclic) bond motifs is 1. The molecule has 0 amide bonds. The number of aryl methyl sites for hydroxylation is 1. The van der Waals surface area contributed by atoms with Crippen molar-refractivity contribution in [1.82, 2.24) is 9.97 Å². The molecule has 4 nitrogen and oxygen atoms in total. The van der Waals surface area contributed by atoms with Crippen LogP contribution < -0.4 is 5.32 Å². The van der Waals surface area contributed by atoms with Crippen molar-refractivity contribution in [2.24, 2.45) is 0 Å². The van der Waals surface area contributed by atoms with E-state index in [0.29, 0.717) is 17.3 Å². The van der Waals surface area contributed by atoms with Gasteiger partial charge in [0.25, 0.3) is 0 Å². The van der Waals surface area contributed by atoms with E-state index in [9.17, 15) is 5.11 Å². The lowest BCUT2D eigenvalue weighted by Crippen LogP contribution is -1.99. The van der Waals surface area contributed by atoms with E-state index in [4.69, 9.17) is 4.98 Å². The van der Waals surface area contributed by atoms with Gasteiger partial charge in [-0.2, -0.15) is 0 Å². The molecule has 0 radical (unpaired) electrons. The molecule has 0 aliphatic heterocycles. The number of phenolic OH excluding ortho intramolecular Hbond substituents is 1. The van der Waals surface area contributed by atoms with E-state index in [2.05, 4.69) is 10.3 Å². The third-order valence-electron chi connectivity index (χ3n) is 4.04. The Morgan fingerprint density at radius 1 is 0.840 bits per heavy atom. The van der Waals surface area contributed by atoms with Gasteiger partial charge >= 0.3 is 0 Å². The van der Waals surface area contributed by atoms with E-state index in [1.54, 1.807) is 6.07 Å². The van der Waals surface area contributed by atoms with Crippen LogP contribution >= 0.6 is 0 Å². The molecule has 122 valence electrons. The van der Waals surface area contributed by atoms with Crippen molar-refractivity contribution in [2.75, 3.05) is 5.32 Å². The van der Waals surface area contributed by atoms with Gasteiger partial charge in [-0.05, 0) is 36.8 Å². The van der Waals surface area contributed by atoms with Crippen LogP contribution in [0.15, 0.2) is 72.8 Å². The molecule has 0 atom stereocenters. The van der Waals surface area contributed by atoms with Crippen molar-refractivity contribution in [3.63, 3.8) is 0 Å². The Morgan fingerprint density at radius 2 is 1.60 bits per heavy atom. The predicted molar refractivity (Wildman–Crippen MR) is 101 cm³/mol. The lowest BCUT2D eigenvalue weighted by molar-refractivity contribution is 0.477. The van der Waals surface area contributed by atoms with Crippen LogP contribution in [0.5, 0.6) is 5.75 Å². The van der Waals surface area contributed by atoms with Crippen molar-refractivity contribution in [1.29, 1.82) is 0 Å². The normalized spacial score (nSPS) is 10.8. The SMILES string of the molecule is Cc1ccc(O)c(Nc2nc(-c3ccccc3)nc3ccccc23)c1. The van der Waals surface area contributed by atoms with Crippen molar-refractivity contribution in [3.8, 4) is 17.1 Å². The van der Waals surface area contributed by atoms with E-state index in [1.165, 1.54) is 0 Å². The van der Waals surface area contributed by atoms with Crippen LogP contribution in [0, 0.1) is 6.92 Å². The number of nitrogens with one attached hydrogen (secondary N) is 1. The number of hydrogen-bond acceptors (Lipinski definition) is 4. The molecule has 1 aromatic heterocycles. The molecule has 0 spiro atoms. The molecule has 1 heterocycles. The molecule has 0 aliphatic carbocycles. The number of aromatic nitrogens is 2. The Hall–Kier alpha value is -3.40. The number of nitrogens with zero attached hydrogens (tertiary/aromatic N) is 2. The van der Waals surface area contributed by atoms with Gasteiger partial charge in [0, 0.05) is 10.9 Å². The minimum atomic E-state index is 0.189. The molecule has 25 heavy (non-hydrogen) atoms. The van der Waals surface area contributed by atoms with E-state index in [1.807, 2.05) is 73.7 Å². The summed E-state index contributed by atoms with van der Waals surface area (Å²) in [6.45, 7) is 1.98. The highest BCUT2D eigenvalue weighted by Gasteiger charge is 2.11. The second-order valence-electron chi connectivity index (χ2n) is 5.92. The zero-order valence-corrected chi connectivity index (χ0v) is 13.8. The fourth-order valence-corrected chi connectivity index (χ4v) is 2.77. The smallest absolute Gasteiger partial charge is 0.162 e. The first-order valence-corrected chi connectivity index (χ1v) is 8.09. The van der Waals surface area contributed by atoms with Crippen molar-refractivity contribution >= 4 is 22.4 Å². The quantitative estimate of drug-likeness (QED) is 0.517. The fraction of sp³-hybridized carbons (Fsp3) is 0.0476. The van der Waals surface area contributed by atoms with Gasteiger partial charge in [-0.15, -0.1) is 0 Å². The van der Waals surface area contributed by atoms with E-state index in [-0.39, 0.29) is 5.75 Å². The first kappa shape index (κ1) is 15.1. The maximum absolute atomic E-state index is 10.1. The van der Waals surface area contributed by atoms with Crippen molar-refractivity contribution in [3.05, 3.63) is 78.4 Å². The van der Waals surface area contributed by atoms with E-state index < -0.39 is 0 Å². The molecule has 0 saturated carbocycles. The molecule has 4 aromatic rings. The predicted octanol–water partition coefficient (Wildman–Crippen LogP) is 5.05. The average Bonchev–Trinajstić information content (AvgIpc) is 2.65. The number of rotatable bonds is 3. The van der Waals surface area contributed by atoms with Crippen LogP contribution in [-0.2, 0) is 0 Å².